The molecule has 3 N–H and O–H groups in total. The molecule has 0 aromatic carbocycles. The lowest BCUT2D eigenvalue weighted by Gasteiger charge is -2.18. The fourth-order valence-electron chi connectivity index (χ4n) is 1.22. The molecule has 1 heterocycles. The molecule has 0 unspecified atom stereocenters. The van der Waals surface area contributed by atoms with E-state index in [1.54, 1.807) is 0 Å². The van der Waals surface area contributed by atoms with Crippen molar-refractivity contribution in [3.63, 3.8) is 0 Å². The van der Waals surface area contributed by atoms with Gasteiger partial charge in [0.15, 0.2) is 0 Å². The summed E-state index contributed by atoms with van der Waals surface area (Å²) < 4.78 is 0. The van der Waals surface area contributed by atoms with Gasteiger partial charge in [0.05, 0.1) is 11.9 Å². The van der Waals surface area contributed by atoms with Crippen LogP contribution in [0.2, 0.25) is 0 Å². The first kappa shape index (κ1) is 10.8. The summed E-state index contributed by atoms with van der Waals surface area (Å²) in [6.45, 7) is 3.25. The number of hydrazine groups is 1. The van der Waals surface area contributed by atoms with Gasteiger partial charge in [-0.2, -0.15) is 0 Å². The van der Waals surface area contributed by atoms with Gasteiger partial charge in [0, 0.05) is 13.6 Å². The normalized spacial score (nSPS) is 9.93. The Bertz CT molecular complexity index is 257. The van der Waals surface area contributed by atoms with E-state index in [0.29, 0.717) is 5.82 Å². The molecule has 0 atom stereocenters. The third-order valence-corrected chi connectivity index (χ3v) is 2.18. The van der Waals surface area contributed by atoms with Crippen LogP contribution in [0.1, 0.15) is 19.8 Å². The van der Waals surface area contributed by atoms with Crippen LogP contribution >= 0.6 is 0 Å². The summed E-state index contributed by atoms with van der Waals surface area (Å²) in [5.74, 6) is 5.92. The number of anilines is 2. The number of nitrogens with two attached hydrogens (primary N) is 1. The fourth-order valence-corrected chi connectivity index (χ4v) is 1.22. The molecule has 4 nitrogen and oxygen atoms in total. The molecule has 0 aliphatic carbocycles. The van der Waals surface area contributed by atoms with Crippen LogP contribution in [-0.2, 0) is 0 Å². The van der Waals surface area contributed by atoms with E-state index in [2.05, 4.69) is 29.3 Å². The predicted octanol–water partition coefficient (Wildman–Crippen LogP) is 1.60. The van der Waals surface area contributed by atoms with Gasteiger partial charge in [-0.05, 0) is 18.6 Å². The molecule has 4 heteroatoms. The molecule has 1 aromatic heterocycles. The summed E-state index contributed by atoms with van der Waals surface area (Å²) in [5, 5.41) is 0. The molecule has 0 radical (unpaired) electrons. The fraction of sp³-hybridized carbons (Fsp3) is 0.500. The summed E-state index contributed by atoms with van der Waals surface area (Å²) in [7, 11) is 2.07. The number of hydrogen-bond acceptors (Lipinski definition) is 4. The maximum Gasteiger partial charge on any atom is 0.140 e. The average Bonchev–Trinajstić information content (AvgIpc) is 2.26. The van der Waals surface area contributed by atoms with Gasteiger partial charge in [0.2, 0.25) is 0 Å². The van der Waals surface area contributed by atoms with Crippen LogP contribution in [0.3, 0.4) is 0 Å². The average molecular weight is 194 g/mol. The molecule has 0 aliphatic rings. The molecule has 0 amide bonds. The van der Waals surface area contributed by atoms with Crippen molar-refractivity contribution in [3.8, 4) is 0 Å². The number of pyridine rings is 1. The third kappa shape index (κ3) is 2.88. The van der Waals surface area contributed by atoms with Crippen molar-refractivity contribution in [2.75, 3.05) is 23.9 Å². The van der Waals surface area contributed by atoms with Crippen molar-refractivity contribution in [1.82, 2.24) is 4.98 Å². The van der Waals surface area contributed by atoms with Crippen LogP contribution in [0.25, 0.3) is 0 Å². The standard InChI is InChI=1S/C10H18N4/c1-3-4-7-14(2)9-5-6-10(13-11)12-8-9/h5-6,8H,3-4,7,11H2,1-2H3,(H,12,13). The minimum Gasteiger partial charge on any atom is -0.373 e. The Labute approximate surface area is 85.1 Å². The number of unbranched alkanes of at least 4 members (excludes halogenated alkanes) is 1. The van der Waals surface area contributed by atoms with Crippen LogP contribution in [0, 0.1) is 0 Å². The maximum atomic E-state index is 5.23. The van der Waals surface area contributed by atoms with Gasteiger partial charge in [-0.1, -0.05) is 13.3 Å². The Morgan fingerprint density at radius 3 is 2.79 bits per heavy atom. The highest BCUT2D eigenvalue weighted by Gasteiger charge is 1.99. The lowest BCUT2D eigenvalue weighted by molar-refractivity contribution is 0.765. The Hall–Kier alpha value is -1.29. The number of nitrogens with zero attached hydrogens (tertiary/aromatic N) is 2. The lowest BCUT2D eigenvalue weighted by atomic mass is 10.3. The van der Waals surface area contributed by atoms with Crippen LogP contribution in [0.4, 0.5) is 11.5 Å². The van der Waals surface area contributed by atoms with Crippen molar-refractivity contribution >= 4 is 11.5 Å². The Morgan fingerprint density at radius 1 is 1.50 bits per heavy atom. The van der Waals surface area contributed by atoms with E-state index in [4.69, 9.17) is 5.84 Å². The smallest absolute Gasteiger partial charge is 0.140 e. The monoisotopic (exact) mass is 194 g/mol. The van der Waals surface area contributed by atoms with Crippen molar-refractivity contribution in [2.24, 2.45) is 5.84 Å². The number of nitrogens with one attached hydrogen (secondary N) is 1. The summed E-state index contributed by atoms with van der Waals surface area (Å²) in [5.41, 5.74) is 3.63. The topological polar surface area (TPSA) is 54.2 Å². The van der Waals surface area contributed by atoms with Crippen LogP contribution in [-0.4, -0.2) is 18.6 Å². The van der Waals surface area contributed by atoms with E-state index in [1.807, 2.05) is 18.3 Å². The number of nitrogen functional groups attached to an aromatic ring is 1. The predicted molar refractivity (Wildman–Crippen MR) is 60.2 cm³/mol. The zero-order valence-electron chi connectivity index (χ0n) is 8.83. The van der Waals surface area contributed by atoms with Crippen molar-refractivity contribution < 1.29 is 0 Å². The largest absolute Gasteiger partial charge is 0.373 e. The molecule has 0 saturated heterocycles. The third-order valence-electron chi connectivity index (χ3n) is 2.18. The Balaban J connectivity index is 2.57. The van der Waals surface area contributed by atoms with Gasteiger partial charge < -0.3 is 10.3 Å². The number of rotatable bonds is 5. The first-order valence-corrected chi connectivity index (χ1v) is 4.91. The van der Waals surface area contributed by atoms with E-state index in [0.717, 1.165) is 12.2 Å². The van der Waals surface area contributed by atoms with Gasteiger partial charge in [-0.15, -0.1) is 0 Å². The summed E-state index contributed by atoms with van der Waals surface area (Å²) in [6.07, 6.45) is 4.23. The minimum atomic E-state index is 0.692. The molecule has 0 saturated carbocycles. The van der Waals surface area contributed by atoms with E-state index >= 15 is 0 Å². The van der Waals surface area contributed by atoms with Crippen molar-refractivity contribution in [2.45, 2.75) is 19.8 Å². The quantitative estimate of drug-likeness (QED) is 0.552. The first-order valence-electron chi connectivity index (χ1n) is 4.91. The number of aromatic nitrogens is 1. The summed E-state index contributed by atoms with van der Waals surface area (Å²) in [4.78, 5) is 6.34. The zero-order chi connectivity index (χ0) is 10.4. The number of hydrogen-bond donors (Lipinski definition) is 2. The van der Waals surface area contributed by atoms with E-state index in [1.165, 1.54) is 12.8 Å². The van der Waals surface area contributed by atoms with Crippen LogP contribution < -0.4 is 16.2 Å². The molecule has 1 aromatic rings. The second-order valence-corrected chi connectivity index (χ2v) is 3.32. The molecule has 1 rings (SSSR count). The zero-order valence-corrected chi connectivity index (χ0v) is 8.83. The van der Waals surface area contributed by atoms with E-state index < -0.39 is 0 Å². The molecular formula is C10H18N4. The van der Waals surface area contributed by atoms with Gasteiger partial charge in [-0.25, -0.2) is 10.8 Å². The summed E-state index contributed by atoms with van der Waals surface area (Å²) in [6, 6.07) is 3.88. The van der Waals surface area contributed by atoms with Crippen LogP contribution in [0.5, 0.6) is 0 Å². The highest BCUT2D eigenvalue weighted by Crippen LogP contribution is 2.13. The van der Waals surface area contributed by atoms with Gasteiger partial charge in [0.1, 0.15) is 5.82 Å². The first-order chi connectivity index (χ1) is 6.77. The van der Waals surface area contributed by atoms with Crippen LogP contribution in [0.15, 0.2) is 18.3 Å². The molecule has 0 fully saturated rings. The second-order valence-electron chi connectivity index (χ2n) is 3.32. The summed E-state index contributed by atoms with van der Waals surface area (Å²) >= 11 is 0. The van der Waals surface area contributed by atoms with Crippen molar-refractivity contribution in [3.05, 3.63) is 18.3 Å². The van der Waals surface area contributed by atoms with Gasteiger partial charge in [-0.3, -0.25) is 0 Å². The Kier molecular flexibility index (Phi) is 4.19. The Morgan fingerprint density at radius 2 is 2.29 bits per heavy atom. The molecule has 0 spiro atoms. The SMILES string of the molecule is CCCCN(C)c1ccc(NN)nc1. The molecule has 0 aliphatic heterocycles. The van der Waals surface area contributed by atoms with E-state index in [9.17, 15) is 0 Å². The van der Waals surface area contributed by atoms with Crippen molar-refractivity contribution in [1.29, 1.82) is 0 Å². The minimum absolute atomic E-state index is 0.692. The highest BCUT2D eigenvalue weighted by molar-refractivity contribution is 5.48. The lowest BCUT2D eigenvalue weighted by Crippen LogP contribution is -2.18. The molecule has 14 heavy (non-hydrogen) atoms. The molecule has 0 bridgehead atoms. The van der Waals surface area contributed by atoms with E-state index in [-0.39, 0.29) is 0 Å². The highest BCUT2D eigenvalue weighted by atomic mass is 15.2. The molecule has 78 valence electrons. The van der Waals surface area contributed by atoms with Gasteiger partial charge in [0.25, 0.3) is 0 Å². The molecular weight excluding hydrogens is 176 g/mol. The van der Waals surface area contributed by atoms with Gasteiger partial charge >= 0.3 is 0 Å². The maximum absolute atomic E-state index is 5.23. The second kappa shape index (κ2) is 5.44.